The first-order chi connectivity index (χ1) is 9.16. The topological polar surface area (TPSA) is 41.1 Å². The fourth-order valence-corrected chi connectivity index (χ4v) is 1.86. The van der Waals surface area contributed by atoms with Gasteiger partial charge in [0, 0.05) is 38.6 Å². The highest BCUT2D eigenvalue weighted by molar-refractivity contribution is 5.46. The molecule has 100 valence electrons. The molecule has 4 nitrogen and oxygen atoms in total. The molecular weight excluding hydrogens is 236 g/mol. The van der Waals surface area contributed by atoms with Gasteiger partial charge in [-0.25, -0.2) is 0 Å². The van der Waals surface area contributed by atoms with Gasteiger partial charge < -0.3 is 10.2 Å². The minimum atomic E-state index is 0.290. The van der Waals surface area contributed by atoms with E-state index in [4.69, 9.17) is 0 Å². The van der Waals surface area contributed by atoms with Crippen LogP contribution in [0, 0.1) is 0 Å². The quantitative estimate of drug-likeness (QED) is 0.892. The average molecular weight is 256 g/mol. The highest BCUT2D eigenvalue weighted by atomic mass is 15.1. The van der Waals surface area contributed by atoms with Crippen LogP contribution in [-0.2, 0) is 6.54 Å². The van der Waals surface area contributed by atoms with E-state index >= 15 is 0 Å². The summed E-state index contributed by atoms with van der Waals surface area (Å²) in [6, 6.07) is 12.7. The first-order valence-electron chi connectivity index (χ1n) is 6.44. The van der Waals surface area contributed by atoms with Crippen molar-refractivity contribution in [2.24, 2.45) is 0 Å². The first-order valence-corrected chi connectivity index (χ1v) is 6.44. The van der Waals surface area contributed by atoms with Crippen LogP contribution in [0.2, 0.25) is 0 Å². The van der Waals surface area contributed by atoms with E-state index in [0.29, 0.717) is 6.04 Å². The predicted octanol–water partition coefficient (Wildman–Crippen LogP) is 2.39. The van der Waals surface area contributed by atoms with Crippen molar-refractivity contribution < 1.29 is 0 Å². The van der Waals surface area contributed by atoms with E-state index in [1.807, 2.05) is 26.2 Å². The Kier molecular flexibility index (Phi) is 4.47. The largest absolute Gasteiger partial charge is 0.378 e. The zero-order valence-electron chi connectivity index (χ0n) is 11.7. The van der Waals surface area contributed by atoms with Crippen molar-refractivity contribution in [3.05, 3.63) is 53.9 Å². The van der Waals surface area contributed by atoms with Gasteiger partial charge in [-0.1, -0.05) is 12.1 Å². The van der Waals surface area contributed by atoms with Crippen molar-refractivity contribution >= 4 is 5.69 Å². The SMILES string of the molecule is CC(NCc1cccnn1)c1ccc(N(C)C)cc1. The first kappa shape index (κ1) is 13.5. The van der Waals surface area contributed by atoms with Crippen LogP contribution < -0.4 is 10.2 Å². The van der Waals surface area contributed by atoms with Gasteiger partial charge in [0.1, 0.15) is 0 Å². The molecule has 1 unspecified atom stereocenters. The maximum absolute atomic E-state index is 4.06. The number of benzene rings is 1. The summed E-state index contributed by atoms with van der Waals surface area (Å²) >= 11 is 0. The molecule has 0 saturated carbocycles. The molecular formula is C15H20N4. The molecule has 0 bridgehead atoms. The second kappa shape index (κ2) is 6.29. The van der Waals surface area contributed by atoms with Gasteiger partial charge in [-0.3, -0.25) is 0 Å². The minimum Gasteiger partial charge on any atom is -0.378 e. The second-order valence-electron chi connectivity index (χ2n) is 4.80. The van der Waals surface area contributed by atoms with Gasteiger partial charge >= 0.3 is 0 Å². The Labute approximate surface area is 114 Å². The molecule has 2 rings (SSSR count). The third-order valence-electron chi connectivity index (χ3n) is 3.13. The molecule has 0 fully saturated rings. The maximum Gasteiger partial charge on any atom is 0.0769 e. The van der Waals surface area contributed by atoms with Crippen molar-refractivity contribution in [2.75, 3.05) is 19.0 Å². The fraction of sp³-hybridized carbons (Fsp3) is 0.333. The zero-order chi connectivity index (χ0) is 13.7. The van der Waals surface area contributed by atoms with E-state index in [1.54, 1.807) is 6.20 Å². The van der Waals surface area contributed by atoms with Crippen LogP contribution in [-0.4, -0.2) is 24.3 Å². The summed E-state index contributed by atoms with van der Waals surface area (Å²) < 4.78 is 0. The van der Waals surface area contributed by atoms with Gasteiger partial charge in [0.05, 0.1) is 5.69 Å². The normalized spacial score (nSPS) is 12.2. The maximum atomic E-state index is 4.06. The molecule has 0 aliphatic carbocycles. The lowest BCUT2D eigenvalue weighted by Gasteiger charge is -2.16. The summed E-state index contributed by atoms with van der Waals surface area (Å²) in [7, 11) is 4.09. The van der Waals surface area contributed by atoms with Crippen molar-refractivity contribution in [3.8, 4) is 0 Å². The Morgan fingerprint density at radius 2 is 1.89 bits per heavy atom. The van der Waals surface area contributed by atoms with Crippen molar-refractivity contribution in [1.82, 2.24) is 15.5 Å². The molecule has 4 heteroatoms. The number of aromatic nitrogens is 2. The third-order valence-corrected chi connectivity index (χ3v) is 3.13. The summed E-state index contributed by atoms with van der Waals surface area (Å²) in [5.41, 5.74) is 3.44. The van der Waals surface area contributed by atoms with Gasteiger partial charge in [-0.05, 0) is 36.8 Å². The van der Waals surface area contributed by atoms with Gasteiger partial charge in [-0.2, -0.15) is 10.2 Å². The van der Waals surface area contributed by atoms with E-state index in [2.05, 4.69) is 51.6 Å². The molecule has 0 saturated heterocycles. The second-order valence-corrected chi connectivity index (χ2v) is 4.80. The van der Waals surface area contributed by atoms with Crippen molar-refractivity contribution in [1.29, 1.82) is 0 Å². The van der Waals surface area contributed by atoms with E-state index in [9.17, 15) is 0 Å². The molecule has 0 spiro atoms. The van der Waals surface area contributed by atoms with Crippen LogP contribution in [0.5, 0.6) is 0 Å². The number of nitrogens with zero attached hydrogens (tertiary/aromatic N) is 3. The lowest BCUT2D eigenvalue weighted by Crippen LogP contribution is -2.19. The number of rotatable bonds is 5. The van der Waals surface area contributed by atoms with Gasteiger partial charge in [0.2, 0.25) is 0 Å². The molecule has 2 aromatic rings. The summed E-state index contributed by atoms with van der Waals surface area (Å²) in [4.78, 5) is 2.10. The van der Waals surface area contributed by atoms with Crippen molar-refractivity contribution in [2.45, 2.75) is 19.5 Å². The lowest BCUT2D eigenvalue weighted by atomic mass is 10.1. The predicted molar refractivity (Wildman–Crippen MR) is 78.1 cm³/mol. The van der Waals surface area contributed by atoms with Gasteiger partial charge in [0.25, 0.3) is 0 Å². The fourth-order valence-electron chi connectivity index (χ4n) is 1.86. The van der Waals surface area contributed by atoms with Crippen molar-refractivity contribution in [3.63, 3.8) is 0 Å². The Hall–Kier alpha value is -1.94. The molecule has 0 radical (unpaired) electrons. The summed E-state index contributed by atoms with van der Waals surface area (Å²) in [5.74, 6) is 0. The Morgan fingerprint density at radius 3 is 2.47 bits per heavy atom. The number of nitrogens with one attached hydrogen (secondary N) is 1. The molecule has 19 heavy (non-hydrogen) atoms. The summed E-state index contributed by atoms with van der Waals surface area (Å²) in [5, 5.41) is 11.4. The van der Waals surface area contributed by atoms with Gasteiger partial charge in [0.15, 0.2) is 0 Å². The molecule has 0 aliphatic rings. The Balaban J connectivity index is 1.94. The monoisotopic (exact) mass is 256 g/mol. The molecule has 1 atom stereocenters. The van der Waals surface area contributed by atoms with E-state index < -0.39 is 0 Å². The minimum absolute atomic E-state index is 0.290. The zero-order valence-corrected chi connectivity index (χ0v) is 11.7. The molecule has 1 N–H and O–H groups in total. The highest BCUT2D eigenvalue weighted by Gasteiger charge is 2.05. The summed E-state index contributed by atoms with van der Waals surface area (Å²) in [6.45, 7) is 2.88. The van der Waals surface area contributed by atoms with E-state index in [-0.39, 0.29) is 0 Å². The molecule has 0 aliphatic heterocycles. The standard InChI is InChI=1S/C15H20N4/c1-12(16-11-14-5-4-10-17-18-14)13-6-8-15(9-7-13)19(2)3/h4-10,12,16H,11H2,1-3H3. The van der Waals surface area contributed by atoms with E-state index in [0.717, 1.165) is 12.2 Å². The number of hydrogen-bond donors (Lipinski definition) is 1. The Morgan fingerprint density at radius 1 is 1.16 bits per heavy atom. The smallest absolute Gasteiger partial charge is 0.0769 e. The van der Waals surface area contributed by atoms with Crippen LogP contribution in [0.4, 0.5) is 5.69 Å². The third kappa shape index (κ3) is 3.76. The number of hydrogen-bond acceptors (Lipinski definition) is 4. The van der Waals surface area contributed by atoms with Crippen LogP contribution in [0.1, 0.15) is 24.2 Å². The summed E-state index contributed by atoms with van der Waals surface area (Å²) in [6.07, 6.45) is 1.69. The van der Waals surface area contributed by atoms with Gasteiger partial charge in [-0.15, -0.1) is 0 Å². The highest BCUT2D eigenvalue weighted by Crippen LogP contribution is 2.17. The number of anilines is 1. The van der Waals surface area contributed by atoms with Crippen LogP contribution in [0.25, 0.3) is 0 Å². The molecule has 1 aromatic heterocycles. The van der Waals surface area contributed by atoms with E-state index in [1.165, 1.54) is 11.3 Å². The molecule has 1 aromatic carbocycles. The average Bonchev–Trinajstić information content (AvgIpc) is 2.46. The molecule has 0 amide bonds. The lowest BCUT2D eigenvalue weighted by molar-refractivity contribution is 0.564. The van der Waals surface area contributed by atoms with Crippen LogP contribution in [0.3, 0.4) is 0 Å². The molecule has 1 heterocycles. The van der Waals surface area contributed by atoms with Crippen LogP contribution >= 0.6 is 0 Å². The Bertz CT molecular complexity index is 493. The van der Waals surface area contributed by atoms with Crippen LogP contribution in [0.15, 0.2) is 42.6 Å².